The first-order valence-corrected chi connectivity index (χ1v) is 8.16. The lowest BCUT2D eigenvalue weighted by molar-refractivity contribution is 0.414. The van der Waals surface area contributed by atoms with E-state index in [1.165, 1.54) is 12.1 Å². The quantitative estimate of drug-likeness (QED) is 0.762. The Kier molecular flexibility index (Phi) is 4.29. The van der Waals surface area contributed by atoms with Gasteiger partial charge in [-0.1, -0.05) is 6.07 Å². The number of rotatable bonds is 4. The normalized spacial score (nSPS) is 12.7. The number of hydrogen-bond acceptors (Lipinski definition) is 7. The molecule has 2 aromatic carbocycles. The molecule has 7 nitrogen and oxygen atoms in total. The predicted octanol–water partition coefficient (Wildman–Crippen LogP) is 3.56. The Morgan fingerprint density at radius 2 is 1.96 bits per heavy atom. The van der Waals surface area contributed by atoms with Crippen LogP contribution in [0, 0.1) is 5.82 Å². The molecule has 27 heavy (non-hydrogen) atoms. The summed E-state index contributed by atoms with van der Waals surface area (Å²) in [5, 5.41) is 9.07. The van der Waals surface area contributed by atoms with Crippen molar-refractivity contribution in [3.05, 3.63) is 66.1 Å². The number of halogens is 1. The van der Waals surface area contributed by atoms with E-state index in [2.05, 4.69) is 20.4 Å². The number of hydrogen-bond donors (Lipinski definition) is 1. The molecule has 0 bridgehead atoms. The molecule has 0 atom stereocenters. The van der Waals surface area contributed by atoms with Gasteiger partial charge in [-0.25, -0.2) is 14.4 Å². The van der Waals surface area contributed by atoms with Crippen LogP contribution in [-0.2, 0) is 0 Å². The fourth-order valence-electron chi connectivity index (χ4n) is 2.57. The van der Waals surface area contributed by atoms with Crippen LogP contribution in [0.2, 0.25) is 0 Å². The number of hydrazone groups is 1. The second kappa shape index (κ2) is 6.91. The fourth-order valence-corrected chi connectivity index (χ4v) is 2.57. The van der Waals surface area contributed by atoms with E-state index >= 15 is 0 Å². The summed E-state index contributed by atoms with van der Waals surface area (Å²) in [6.45, 7) is 0. The third-order valence-electron chi connectivity index (χ3n) is 3.91. The number of nitrogens with zero attached hydrogens (tertiary/aromatic N) is 4. The molecule has 1 N–H and O–H groups in total. The van der Waals surface area contributed by atoms with E-state index in [9.17, 15) is 4.39 Å². The molecule has 8 heteroatoms. The third-order valence-corrected chi connectivity index (χ3v) is 3.91. The highest BCUT2D eigenvalue weighted by Gasteiger charge is 2.22. The SMILES string of the molecule is COc1cccc(C2=NN(C)c3nc(Nc4ccc(F)cc4)ncc3O2)c1. The molecule has 1 aromatic heterocycles. The van der Waals surface area contributed by atoms with Crippen molar-refractivity contribution < 1.29 is 13.9 Å². The Morgan fingerprint density at radius 3 is 2.74 bits per heavy atom. The van der Waals surface area contributed by atoms with Gasteiger partial charge in [0, 0.05) is 18.3 Å². The molecule has 0 aliphatic carbocycles. The van der Waals surface area contributed by atoms with Crippen molar-refractivity contribution in [2.75, 3.05) is 24.5 Å². The minimum absolute atomic E-state index is 0.306. The maximum absolute atomic E-state index is 13.0. The van der Waals surface area contributed by atoms with Crippen molar-refractivity contribution in [1.82, 2.24) is 9.97 Å². The average molecular weight is 365 g/mol. The van der Waals surface area contributed by atoms with E-state index in [1.807, 2.05) is 24.3 Å². The first-order valence-electron chi connectivity index (χ1n) is 8.16. The molecular formula is C19H16FN5O2. The van der Waals surface area contributed by atoms with Gasteiger partial charge in [0.15, 0.2) is 11.6 Å². The van der Waals surface area contributed by atoms with Crippen LogP contribution in [0.15, 0.2) is 59.8 Å². The minimum Gasteiger partial charge on any atom is -0.497 e. The number of methoxy groups -OCH3 is 1. The molecule has 0 fully saturated rings. The Balaban J connectivity index is 1.59. The number of benzene rings is 2. The van der Waals surface area contributed by atoms with E-state index in [0.717, 1.165) is 5.56 Å². The molecule has 0 amide bonds. The summed E-state index contributed by atoms with van der Waals surface area (Å²) in [6, 6.07) is 13.4. The summed E-state index contributed by atoms with van der Waals surface area (Å²) in [7, 11) is 3.38. The predicted molar refractivity (Wildman–Crippen MR) is 100 cm³/mol. The molecule has 4 rings (SSSR count). The number of nitrogens with one attached hydrogen (secondary N) is 1. The lowest BCUT2D eigenvalue weighted by Crippen LogP contribution is -2.25. The van der Waals surface area contributed by atoms with E-state index in [1.54, 1.807) is 37.5 Å². The van der Waals surface area contributed by atoms with Crippen LogP contribution < -0.4 is 19.8 Å². The standard InChI is InChI=1S/C19H16FN5O2/c1-25-17-16(27-18(24-25)12-4-3-5-15(10-12)26-2)11-21-19(23-17)22-14-8-6-13(20)7-9-14/h3-11H,1-2H3,(H,21,22,23). The highest BCUT2D eigenvalue weighted by molar-refractivity contribution is 5.98. The molecule has 1 aliphatic rings. The molecule has 3 aromatic rings. The molecule has 2 heterocycles. The highest BCUT2D eigenvalue weighted by Crippen LogP contribution is 2.31. The smallest absolute Gasteiger partial charge is 0.244 e. The number of fused-ring (bicyclic) bond motifs is 1. The molecular weight excluding hydrogens is 349 g/mol. The summed E-state index contributed by atoms with van der Waals surface area (Å²) < 4.78 is 24.1. The minimum atomic E-state index is -0.306. The van der Waals surface area contributed by atoms with Gasteiger partial charge in [-0.05, 0) is 42.5 Å². The topological polar surface area (TPSA) is 71.9 Å². The lowest BCUT2D eigenvalue weighted by atomic mass is 10.2. The summed E-state index contributed by atoms with van der Waals surface area (Å²) in [5.41, 5.74) is 1.46. The van der Waals surface area contributed by atoms with Gasteiger partial charge in [-0.3, -0.25) is 0 Å². The second-order valence-electron chi connectivity index (χ2n) is 5.78. The summed E-state index contributed by atoms with van der Waals surface area (Å²) in [4.78, 5) is 8.69. The van der Waals surface area contributed by atoms with Gasteiger partial charge in [0.1, 0.15) is 11.6 Å². The van der Waals surface area contributed by atoms with Crippen molar-refractivity contribution in [2.24, 2.45) is 5.10 Å². The molecule has 1 aliphatic heterocycles. The number of aromatic nitrogens is 2. The van der Waals surface area contributed by atoms with Gasteiger partial charge in [0.25, 0.3) is 0 Å². The molecule has 136 valence electrons. The zero-order valence-electron chi connectivity index (χ0n) is 14.7. The van der Waals surface area contributed by atoms with Gasteiger partial charge in [0.05, 0.1) is 13.3 Å². The number of anilines is 3. The largest absolute Gasteiger partial charge is 0.497 e. The molecule has 0 saturated heterocycles. The van der Waals surface area contributed by atoms with Crippen molar-refractivity contribution >= 4 is 23.4 Å². The highest BCUT2D eigenvalue weighted by atomic mass is 19.1. The van der Waals surface area contributed by atoms with Gasteiger partial charge < -0.3 is 14.8 Å². The third kappa shape index (κ3) is 3.50. The van der Waals surface area contributed by atoms with Crippen molar-refractivity contribution in [3.63, 3.8) is 0 Å². The molecule has 0 spiro atoms. The van der Waals surface area contributed by atoms with Crippen LogP contribution in [0.3, 0.4) is 0 Å². The van der Waals surface area contributed by atoms with E-state index in [-0.39, 0.29) is 5.82 Å². The van der Waals surface area contributed by atoms with Crippen LogP contribution in [0.1, 0.15) is 5.56 Å². The Morgan fingerprint density at radius 1 is 1.15 bits per heavy atom. The fraction of sp³-hybridized carbons (Fsp3) is 0.105. The summed E-state index contributed by atoms with van der Waals surface area (Å²) in [6.07, 6.45) is 1.57. The Bertz CT molecular complexity index is 1010. The summed E-state index contributed by atoms with van der Waals surface area (Å²) >= 11 is 0. The first-order chi connectivity index (χ1) is 13.1. The van der Waals surface area contributed by atoms with Crippen LogP contribution in [0.4, 0.5) is 21.8 Å². The van der Waals surface area contributed by atoms with Crippen LogP contribution in [0.25, 0.3) is 0 Å². The number of ether oxygens (including phenoxy) is 2. The van der Waals surface area contributed by atoms with E-state index in [4.69, 9.17) is 9.47 Å². The molecule has 0 saturated carbocycles. The van der Waals surface area contributed by atoms with Gasteiger partial charge in [-0.15, -0.1) is 5.10 Å². The van der Waals surface area contributed by atoms with E-state index < -0.39 is 0 Å². The van der Waals surface area contributed by atoms with E-state index in [0.29, 0.717) is 34.9 Å². The van der Waals surface area contributed by atoms with Crippen LogP contribution >= 0.6 is 0 Å². The average Bonchev–Trinajstić information content (AvgIpc) is 2.70. The summed E-state index contributed by atoms with van der Waals surface area (Å²) in [5.74, 6) is 2.18. The molecule has 0 unspecified atom stereocenters. The Labute approximate surface area is 155 Å². The lowest BCUT2D eigenvalue weighted by Gasteiger charge is -2.23. The first kappa shape index (κ1) is 16.8. The zero-order chi connectivity index (χ0) is 18.8. The van der Waals surface area contributed by atoms with Gasteiger partial charge >= 0.3 is 0 Å². The monoisotopic (exact) mass is 365 g/mol. The second-order valence-corrected chi connectivity index (χ2v) is 5.78. The zero-order valence-corrected chi connectivity index (χ0v) is 14.7. The maximum atomic E-state index is 13.0. The van der Waals surface area contributed by atoms with Gasteiger partial charge in [0.2, 0.25) is 11.8 Å². The van der Waals surface area contributed by atoms with Crippen molar-refractivity contribution in [1.29, 1.82) is 0 Å². The van der Waals surface area contributed by atoms with Crippen molar-refractivity contribution in [3.8, 4) is 11.5 Å². The maximum Gasteiger partial charge on any atom is 0.244 e. The van der Waals surface area contributed by atoms with Crippen LogP contribution in [0.5, 0.6) is 11.5 Å². The molecule has 0 radical (unpaired) electrons. The van der Waals surface area contributed by atoms with Crippen LogP contribution in [-0.4, -0.2) is 30.0 Å². The van der Waals surface area contributed by atoms with Gasteiger partial charge in [-0.2, -0.15) is 4.98 Å². The van der Waals surface area contributed by atoms with Crippen molar-refractivity contribution in [2.45, 2.75) is 0 Å². The Hall–Kier alpha value is -3.68.